The molecule has 1 aromatic rings. The van der Waals surface area contributed by atoms with E-state index in [4.69, 9.17) is 4.74 Å². The Hall–Kier alpha value is -2.78. The molecule has 2 unspecified atom stereocenters. The van der Waals surface area contributed by atoms with Crippen LogP contribution in [-0.4, -0.2) is 88.6 Å². The van der Waals surface area contributed by atoms with Crippen molar-refractivity contribution in [1.29, 1.82) is 0 Å². The molecule has 8 nitrogen and oxygen atoms in total. The predicted octanol–water partition coefficient (Wildman–Crippen LogP) is 3.36. The number of hydrogen-bond donors (Lipinski definition) is 1. The number of likely N-dealkylation sites (tertiary alicyclic amines) is 1. The van der Waals surface area contributed by atoms with Crippen LogP contribution in [0.4, 0.5) is 5.69 Å². The molecule has 3 amide bonds. The van der Waals surface area contributed by atoms with E-state index in [2.05, 4.69) is 13.2 Å². The van der Waals surface area contributed by atoms with Gasteiger partial charge in [0.25, 0.3) is 5.91 Å². The van der Waals surface area contributed by atoms with Crippen LogP contribution in [0.2, 0.25) is 0 Å². The van der Waals surface area contributed by atoms with E-state index in [-0.39, 0.29) is 42.0 Å². The van der Waals surface area contributed by atoms with Gasteiger partial charge in [0.15, 0.2) is 0 Å². The lowest BCUT2D eigenvalue weighted by Crippen LogP contribution is -2.58. The van der Waals surface area contributed by atoms with Crippen LogP contribution in [0.3, 0.4) is 0 Å². The van der Waals surface area contributed by atoms with Crippen molar-refractivity contribution in [2.75, 3.05) is 38.8 Å². The highest BCUT2D eigenvalue weighted by Crippen LogP contribution is 2.67. The molecule has 3 heterocycles. The molecule has 1 spiro atoms. The third-order valence-electron chi connectivity index (χ3n) is 8.35. The summed E-state index contributed by atoms with van der Waals surface area (Å²) in [5.74, 6) is -0.725. The standard InChI is InChI=1S/C30H41N3O5S/c1-7-15-31(5)27(35)24-23-13-14-30(39-23)25(24)28(36)33(21(18-34)17-19(3)4)26(30)29(37)32(16-8-2)20-9-11-22(38-6)12-10-20/h7-12,19,21,23-26,34H,1-2,13-18H2,3-6H3/t21-,23-,24+,25+,26?,30?/m1/s1. The first-order valence-corrected chi connectivity index (χ1v) is 14.6. The van der Waals surface area contributed by atoms with Gasteiger partial charge in [-0.05, 0) is 49.4 Å². The molecule has 212 valence electrons. The molecule has 0 radical (unpaired) electrons. The van der Waals surface area contributed by atoms with Crippen LogP contribution in [0.5, 0.6) is 5.75 Å². The number of aliphatic hydroxyl groups is 1. The fourth-order valence-corrected chi connectivity index (χ4v) is 8.96. The summed E-state index contributed by atoms with van der Waals surface area (Å²) < 4.78 is 4.57. The fourth-order valence-electron chi connectivity index (χ4n) is 6.77. The number of benzene rings is 1. The van der Waals surface area contributed by atoms with E-state index in [1.807, 2.05) is 26.0 Å². The number of carbonyl (C=O) groups excluding carboxylic acids is 3. The van der Waals surface area contributed by atoms with Crippen LogP contribution >= 0.6 is 11.8 Å². The average molecular weight is 556 g/mol. The van der Waals surface area contributed by atoms with Gasteiger partial charge in [-0.2, -0.15) is 0 Å². The summed E-state index contributed by atoms with van der Waals surface area (Å²) in [7, 11) is 3.32. The highest BCUT2D eigenvalue weighted by atomic mass is 32.2. The molecule has 3 saturated heterocycles. The molecule has 4 rings (SSSR count). The number of ether oxygens (including phenoxy) is 1. The molecule has 3 fully saturated rings. The predicted molar refractivity (Wildman–Crippen MR) is 155 cm³/mol. The number of nitrogens with zero attached hydrogens (tertiary/aromatic N) is 3. The van der Waals surface area contributed by atoms with Crippen molar-refractivity contribution in [3.05, 3.63) is 49.6 Å². The molecule has 9 heteroatoms. The maximum absolute atomic E-state index is 14.6. The number of carbonyl (C=O) groups is 3. The van der Waals surface area contributed by atoms with E-state index in [9.17, 15) is 19.5 Å². The number of aliphatic hydroxyl groups excluding tert-OH is 1. The molecular formula is C30H41N3O5S. The topological polar surface area (TPSA) is 90.4 Å². The summed E-state index contributed by atoms with van der Waals surface area (Å²) in [6.45, 7) is 12.1. The largest absolute Gasteiger partial charge is 0.497 e. The van der Waals surface area contributed by atoms with Gasteiger partial charge >= 0.3 is 0 Å². The molecule has 39 heavy (non-hydrogen) atoms. The molecule has 1 N–H and O–H groups in total. The lowest BCUT2D eigenvalue weighted by atomic mass is 9.70. The number of fused-ring (bicyclic) bond motifs is 1. The average Bonchev–Trinajstić information content (AvgIpc) is 3.57. The monoisotopic (exact) mass is 555 g/mol. The zero-order valence-electron chi connectivity index (χ0n) is 23.4. The molecule has 3 aliphatic rings. The zero-order valence-corrected chi connectivity index (χ0v) is 24.2. The van der Waals surface area contributed by atoms with Gasteiger partial charge in [-0.3, -0.25) is 14.4 Å². The maximum Gasteiger partial charge on any atom is 0.251 e. The number of amides is 3. The maximum atomic E-state index is 14.6. The zero-order chi connectivity index (χ0) is 28.5. The van der Waals surface area contributed by atoms with E-state index in [0.717, 1.165) is 6.42 Å². The quantitative estimate of drug-likeness (QED) is 0.398. The summed E-state index contributed by atoms with van der Waals surface area (Å²) in [6.07, 6.45) is 5.34. The van der Waals surface area contributed by atoms with Crippen LogP contribution in [0.25, 0.3) is 0 Å². The van der Waals surface area contributed by atoms with Crippen molar-refractivity contribution in [3.63, 3.8) is 0 Å². The van der Waals surface area contributed by atoms with Crippen molar-refractivity contribution < 1.29 is 24.2 Å². The Balaban J connectivity index is 1.81. The minimum absolute atomic E-state index is 0.0253. The van der Waals surface area contributed by atoms with E-state index in [0.29, 0.717) is 30.8 Å². The molecule has 2 bridgehead atoms. The first-order chi connectivity index (χ1) is 18.6. The lowest BCUT2D eigenvalue weighted by Gasteiger charge is -2.40. The van der Waals surface area contributed by atoms with E-state index in [1.165, 1.54) is 0 Å². The van der Waals surface area contributed by atoms with Crippen molar-refractivity contribution >= 4 is 35.2 Å². The van der Waals surface area contributed by atoms with Crippen molar-refractivity contribution in [1.82, 2.24) is 9.80 Å². The molecule has 0 aromatic heterocycles. The van der Waals surface area contributed by atoms with Crippen molar-refractivity contribution in [2.24, 2.45) is 17.8 Å². The Kier molecular flexibility index (Phi) is 8.81. The number of anilines is 1. The Labute approximate surface area is 236 Å². The number of hydrogen-bond acceptors (Lipinski definition) is 6. The molecule has 0 saturated carbocycles. The molecular weight excluding hydrogens is 514 g/mol. The minimum Gasteiger partial charge on any atom is -0.497 e. The smallest absolute Gasteiger partial charge is 0.251 e. The van der Waals surface area contributed by atoms with Crippen molar-refractivity contribution in [2.45, 2.75) is 55.2 Å². The first-order valence-electron chi connectivity index (χ1n) is 13.7. The molecule has 6 atom stereocenters. The minimum atomic E-state index is -0.800. The third-order valence-corrected chi connectivity index (χ3v) is 10.3. The van der Waals surface area contributed by atoms with Crippen molar-refractivity contribution in [3.8, 4) is 5.75 Å². The number of thioether (sulfide) groups is 1. The Bertz CT molecular complexity index is 1110. The van der Waals surface area contributed by atoms with E-state index >= 15 is 0 Å². The number of methoxy groups -OCH3 is 1. The number of rotatable bonds is 12. The SMILES string of the molecule is C=CCN(C)C(=O)[C@@H]1[C@H]2C(=O)N([C@@H](CO)CC(C)C)C(C(=O)N(CC=C)c3ccc(OC)cc3)C23CC[C@H]1S3. The van der Waals surface area contributed by atoms with E-state index in [1.54, 1.807) is 64.9 Å². The Morgan fingerprint density at radius 3 is 2.44 bits per heavy atom. The van der Waals surface area contributed by atoms with Gasteiger partial charge in [0.05, 0.1) is 36.3 Å². The second-order valence-electron chi connectivity index (χ2n) is 11.2. The third kappa shape index (κ3) is 4.99. The summed E-state index contributed by atoms with van der Waals surface area (Å²) in [4.78, 5) is 47.6. The Morgan fingerprint density at radius 2 is 1.87 bits per heavy atom. The van der Waals surface area contributed by atoms with Crippen LogP contribution in [0.15, 0.2) is 49.6 Å². The Morgan fingerprint density at radius 1 is 1.21 bits per heavy atom. The summed E-state index contributed by atoms with van der Waals surface area (Å²) >= 11 is 1.64. The molecule has 1 aromatic carbocycles. The van der Waals surface area contributed by atoms with Crippen LogP contribution in [0.1, 0.15) is 33.1 Å². The molecule has 3 aliphatic heterocycles. The highest BCUT2D eigenvalue weighted by Gasteiger charge is 2.74. The molecule has 0 aliphatic carbocycles. The van der Waals surface area contributed by atoms with Gasteiger partial charge < -0.3 is 24.5 Å². The summed E-state index contributed by atoms with van der Waals surface area (Å²) in [6, 6.07) is 5.92. The van der Waals surface area contributed by atoms with Crippen LogP contribution in [-0.2, 0) is 14.4 Å². The second kappa shape index (κ2) is 11.8. The highest BCUT2D eigenvalue weighted by molar-refractivity contribution is 8.02. The van der Waals surface area contributed by atoms with Gasteiger partial charge in [0.2, 0.25) is 11.8 Å². The van der Waals surface area contributed by atoms with Crippen LogP contribution < -0.4 is 9.64 Å². The van der Waals surface area contributed by atoms with Gasteiger partial charge in [-0.25, -0.2) is 0 Å². The van der Waals surface area contributed by atoms with Gasteiger partial charge in [-0.1, -0.05) is 26.0 Å². The first kappa shape index (κ1) is 29.2. The van der Waals surface area contributed by atoms with Gasteiger partial charge in [0, 0.05) is 31.1 Å². The van der Waals surface area contributed by atoms with Crippen LogP contribution in [0, 0.1) is 17.8 Å². The van der Waals surface area contributed by atoms with Gasteiger partial charge in [0.1, 0.15) is 11.8 Å². The fraction of sp³-hybridized carbons (Fsp3) is 0.567. The normalized spacial score (nSPS) is 27.8. The number of likely N-dealkylation sites (N-methyl/N-ethyl adjacent to an activating group) is 1. The van der Waals surface area contributed by atoms with E-state index < -0.39 is 28.7 Å². The second-order valence-corrected chi connectivity index (χ2v) is 12.8. The summed E-state index contributed by atoms with van der Waals surface area (Å²) in [5, 5.41) is 10.5. The van der Waals surface area contributed by atoms with Gasteiger partial charge in [-0.15, -0.1) is 24.9 Å². The lowest BCUT2D eigenvalue weighted by molar-refractivity contribution is -0.145. The summed E-state index contributed by atoms with van der Waals surface area (Å²) in [5.41, 5.74) is 0.674.